The quantitative estimate of drug-likeness (QED) is 0.257. The van der Waals surface area contributed by atoms with Crippen LogP contribution in [-0.2, 0) is 11.2 Å². The van der Waals surface area contributed by atoms with Gasteiger partial charge in [-0.25, -0.2) is 4.79 Å². The zero-order chi connectivity index (χ0) is 22.7. The molecule has 3 aliphatic rings. The minimum absolute atomic E-state index is 0.00992. The van der Waals surface area contributed by atoms with Crippen LogP contribution in [0.4, 0.5) is 10.5 Å². The molecule has 1 N–H and O–H groups in total. The van der Waals surface area contributed by atoms with Gasteiger partial charge >= 0.3 is 6.09 Å². The maximum atomic E-state index is 12.9. The molecule has 0 aliphatic carbocycles. The number of rotatable bonds is 7. The fraction of sp³-hybridized carbons (Fsp3) is 0.346. The Balaban J connectivity index is 1.21. The van der Waals surface area contributed by atoms with Gasteiger partial charge in [-0.1, -0.05) is 48.2 Å². The molecule has 4 nitrogen and oxygen atoms in total. The van der Waals surface area contributed by atoms with E-state index in [1.54, 1.807) is 11.3 Å². The number of benzene rings is 2. The van der Waals surface area contributed by atoms with Crippen molar-refractivity contribution in [1.29, 1.82) is 0 Å². The lowest BCUT2D eigenvalue weighted by Gasteiger charge is -2.51. The van der Waals surface area contributed by atoms with Gasteiger partial charge in [-0.3, -0.25) is 5.32 Å². The molecule has 7 heteroatoms. The molecule has 0 radical (unpaired) electrons. The van der Waals surface area contributed by atoms with Crippen LogP contribution in [0.5, 0.6) is 0 Å². The zero-order valence-electron chi connectivity index (χ0n) is 18.4. The van der Waals surface area contributed by atoms with Crippen LogP contribution in [0, 0.1) is 5.92 Å². The summed E-state index contributed by atoms with van der Waals surface area (Å²) in [7, 11) is 0. The van der Waals surface area contributed by atoms with Gasteiger partial charge in [-0.05, 0) is 51.8 Å². The number of piperidine rings is 3. The molecule has 172 valence electrons. The van der Waals surface area contributed by atoms with Crippen molar-refractivity contribution in [2.75, 3.05) is 30.8 Å². The van der Waals surface area contributed by atoms with Gasteiger partial charge in [0, 0.05) is 40.6 Å². The molecular formula is C26H28BrN2O2S2+. The number of amides is 1. The molecule has 33 heavy (non-hydrogen) atoms. The van der Waals surface area contributed by atoms with E-state index in [1.807, 2.05) is 30.0 Å². The number of anilines is 1. The number of para-hydroxylation sites is 1. The number of nitrogens with zero attached hydrogens (tertiary/aromatic N) is 1. The topological polar surface area (TPSA) is 38.3 Å². The van der Waals surface area contributed by atoms with E-state index >= 15 is 0 Å². The molecule has 6 rings (SSSR count). The third kappa shape index (κ3) is 5.65. The summed E-state index contributed by atoms with van der Waals surface area (Å²) >= 11 is 7.16. The summed E-state index contributed by atoms with van der Waals surface area (Å²) in [6.45, 7) is 3.29. The average molecular weight is 545 g/mol. The van der Waals surface area contributed by atoms with Crippen LogP contribution in [0.25, 0.3) is 0 Å². The van der Waals surface area contributed by atoms with Crippen molar-refractivity contribution >= 4 is 50.8 Å². The lowest BCUT2D eigenvalue weighted by atomic mass is 9.84. The molecule has 2 bridgehead atoms. The molecule has 3 aliphatic heterocycles. The van der Waals surface area contributed by atoms with E-state index < -0.39 is 0 Å². The SMILES string of the molecule is O=C(Nc1ccccc1Cc1ccc(Br)s1)OC1C[N+]2(CSc3ccccc3)CCC1CC2. The summed E-state index contributed by atoms with van der Waals surface area (Å²) < 4.78 is 8.19. The van der Waals surface area contributed by atoms with E-state index in [2.05, 4.69) is 69.8 Å². The molecule has 2 aromatic carbocycles. The number of hydrogen-bond acceptors (Lipinski definition) is 4. The first-order valence-corrected chi connectivity index (χ1v) is 14.0. The second kappa shape index (κ2) is 10.2. The average Bonchev–Trinajstić information content (AvgIpc) is 3.25. The molecule has 0 saturated carbocycles. The van der Waals surface area contributed by atoms with E-state index in [-0.39, 0.29) is 12.2 Å². The molecule has 1 unspecified atom stereocenters. The molecule has 4 heterocycles. The first-order chi connectivity index (χ1) is 16.1. The van der Waals surface area contributed by atoms with E-state index in [9.17, 15) is 4.79 Å². The second-order valence-corrected chi connectivity index (χ2v) is 12.6. The number of nitrogens with one attached hydrogen (secondary N) is 1. The van der Waals surface area contributed by atoms with Crippen molar-refractivity contribution < 1.29 is 14.0 Å². The van der Waals surface area contributed by atoms with Crippen molar-refractivity contribution in [2.24, 2.45) is 5.92 Å². The largest absolute Gasteiger partial charge is 0.440 e. The summed E-state index contributed by atoms with van der Waals surface area (Å²) in [6, 6.07) is 22.8. The fourth-order valence-corrected chi connectivity index (χ4v) is 7.61. The molecule has 3 saturated heterocycles. The number of carbonyl (C=O) groups is 1. The summed E-state index contributed by atoms with van der Waals surface area (Å²) in [5, 5.41) is 3.03. The van der Waals surface area contributed by atoms with E-state index in [1.165, 1.54) is 22.9 Å². The molecule has 1 amide bonds. The number of quaternary nitrogens is 1. The number of hydrogen-bond donors (Lipinski definition) is 1. The number of thiophene rings is 1. The third-order valence-electron chi connectivity index (χ3n) is 6.80. The van der Waals surface area contributed by atoms with Gasteiger partial charge in [0.05, 0.1) is 16.9 Å². The number of halogens is 1. The number of thioether (sulfide) groups is 1. The van der Waals surface area contributed by atoms with Crippen LogP contribution in [0.3, 0.4) is 0 Å². The summed E-state index contributed by atoms with van der Waals surface area (Å²) in [6.07, 6.45) is 2.72. The predicted octanol–water partition coefficient (Wildman–Crippen LogP) is 7.01. The number of carbonyl (C=O) groups excluding carboxylic acids is 1. The lowest BCUT2D eigenvalue weighted by Crippen LogP contribution is -2.64. The standard InChI is InChI=1S/C26H27BrN2O2S2/c27-25-11-10-22(33-25)16-20-6-4-5-9-23(20)28-26(30)31-24-17-29(14-12-19(24)13-15-29)18-32-21-7-2-1-3-8-21/h1-11,19,24H,12-18H2/p+1. The van der Waals surface area contributed by atoms with Gasteiger partial charge in [0.15, 0.2) is 6.10 Å². The Labute approximate surface area is 212 Å². The van der Waals surface area contributed by atoms with Crippen molar-refractivity contribution in [3.63, 3.8) is 0 Å². The smallest absolute Gasteiger partial charge is 0.412 e. The summed E-state index contributed by atoms with van der Waals surface area (Å²) in [5.74, 6) is 1.52. The molecule has 1 atom stereocenters. The van der Waals surface area contributed by atoms with E-state index in [4.69, 9.17) is 4.74 Å². The highest BCUT2D eigenvalue weighted by atomic mass is 79.9. The van der Waals surface area contributed by atoms with Gasteiger partial charge in [0.2, 0.25) is 0 Å². The minimum Gasteiger partial charge on any atom is -0.440 e. The van der Waals surface area contributed by atoms with Crippen molar-refractivity contribution in [1.82, 2.24) is 0 Å². The molecular weight excluding hydrogens is 516 g/mol. The monoisotopic (exact) mass is 543 g/mol. The summed E-state index contributed by atoms with van der Waals surface area (Å²) in [5.41, 5.74) is 1.93. The maximum absolute atomic E-state index is 12.9. The van der Waals surface area contributed by atoms with Gasteiger partial charge in [-0.2, -0.15) is 0 Å². The first kappa shape index (κ1) is 23.0. The van der Waals surface area contributed by atoms with Crippen LogP contribution in [-0.4, -0.2) is 42.2 Å². The third-order valence-corrected chi connectivity index (χ3v) is 9.70. The Hall–Kier alpha value is -1.80. The Morgan fingerprint density at radius 3 is 2.58 bits per heavy atom. The molecule has 3 aromatic rings. The first-order valence-electron chi connectivity index (χ1n) is 11.4. The second-order valence-electron chi connectivity index (χ2n) is 9.00. The van der Waals surface area contributed by atoms with Gasteiger partial charge < -0.3 is 9.22 Å². The Morgan fingerprint density at radius 2 is 1.82 bits per heavy atom. The normalized spacial score (nSPS) is 23.9. The molecule has 1 aromatic heterocycles. The Kier molecular flexibility index (Phi) is 7.11. The van der Waals surface area contributed by atoms with Crippen molar-refractivity contribution in [3.05, 3.63) is 81.0 Å². The van der Waals surface area contributed by atoms with E-state index in [0.717, 1.165) is 51.2 Å². The van der Waals surface area contributed by atoms with Crippen LogP contribution >= 0.6 is 39.0 Å². The van der Waals surface area contributed by atoms with Crippen LogP contribution in [0.2, 0.25) is 0 Å². The zero-order valence-corrected chi connectivity index (χ0v) is 21.6. The lowest BCUT2D eigenvalue weighted by molar-refractivity contribution is -0.934. The highest BCUT2D eigenvalue weighted by Gasteiger charge is 2.47. The Morgan fingerprint density at radius 1 is 1.06 bits per heavy atom. The minimum atomic E-state index is -0.331. The van der Waals surface area contributed by atoms with E-state index in [0.29, 0.717) is 5.92 Å². The summed E-state index contributed by atoms with van der Waals surface area (Å²) in [4.78, 5) is 15.5. The van der Waals surface area contributed by atoms with Crippen molar-refractivity contribution in [3.8, 4) is 0 Å². The highest BCUT2D eigenvalue weighted by molar-refractivity contribution is 9.11. The molecule has 3 fully saturated rings. The predicted molar refractivity (Wildman–Crippen MR) is 140 cm³/mol. The molecule has 0 spiro atoms. The van der Waals surface area contributed by atoms with Gasteiger partial charge in [0.1, 0.15) is 12.4 Å². The highest BCUT2D eigenvalue weighted by Crippen LogP contribution is 2.38. The van der Waals surface area contributed by atoms with Crippen molar-refractivity contribution in [2.45, 2.75) is 30.3 Å². The maximum Gasteiger partial charge on any atom is 0.412 e. The Bertz CT molecular complexity index is 1100. The van der Waals surface area contributed by atoms with Crippen LogP contribution < -0.4 is 5.32 Å². The van der Waals surface area contributed by atoms with Gasteiger partial charge in [-0.15, -0.1) is 11.3 Å². The van der Waals surface area contributed by atoms with Crippen LogP contribution in [0.1, 0.15) is 23.3 Å². The van der Waals surface area contributed by atoms with Gasteiger partial charge in [0.25, 0.3) is 0 Å². The van der Waals surface area contributed by atoms with Crippen LogP contribution in [0.15, 0.2) is 75.4 Å². The number of fused-ring (bicyclic) bond motifs is 3. The number of ether oxygens (including phenoxy) is 1. The fourth-order valence-electron chi connectivity index (χ4n) is 4.97.